The van der Waals surface area contributed by atoms with E-state index < -0.39 is 0 Å². The average molecular weight is 1090 g/mol. The van der Waals surface area contributed by atoms with E-state index >= 15 is 0 Å². The average Bonchev–Trinajstić information content (AvgIpc) is 2.16. The lowest BCUT2D eigenvalue weighted by molar-refractivity contribution is 0.107. The molecule has 2 aliphatic carbocycles. The molecular formula is C80H66N2O2. The van der Waals surface area contributed by atoms with Crippen molar-refractivity contribution < 1.29 is 9.47 Å². The van der Waals surface area contributed by atoms with Crippen LogP contribution in [0, 0.1) is 0 Å². The van der Waals surface area contributed by atoms with E-state index in [0.29, 0.717) is 26.4 Å². The first-order valence-electron chi connectivity index (χ1n) is 29.3. The fourth-order valence-corrected chi connectivity index (χ4v) is 13.2. The zero-order valence-electron chi connectivity index (χ0n) is 48.2. The zero-order valence-corrected chi connectivity index (χ0v) is 48.2. The summed E-state index contributed by atoms with van der Waals surface area (Å²) in [4.78, 5) is 2.46. The predicted molar refractivity (Wildman–Crippen MR) is 352 cm³/mol. The Morgan fingerprint density at radius 1 is 0.357 bits per heavy atom. The maximum Gasteiger partial charge on any atom is 0.0721 e. The Morgan fingerprint density at radius 3 is 1.35 bits per heavy atom. The molecular weight excluding hydrogens is 1020 g/mol. The van der Waals surface area contributed by atoms with Gasteiger partial charge in [0.2, 0.25) is 0 Å². The molecule has 11 aromatic carbocycles. The fraction of sp³-hybridized carbons (Fsp3) is 0.125. The van der Waals surface area contributed by atoms with E-state index in [1.807, 2.05) is 12.2 Å². The molecule has 0 atom stereocenters. The van der Waals surface area contributed by atoms with Crippen molar-refractivity contribution in [1.29, 1.82) is 0 Å². The first-order valence-corrected chi connectivity index (χ1v) is 29.3. The van der Waals surface area contributed by atoms with Gasteiger partial charge in [-0.25, -0.2) is 0 Å². The van der Waals surface area contributed by atoms with Crippen LogP contribution in [-0.4, -0.2) is 4.57 Å². The van der Waals surface area contributed by atoms with E-state index in [-0.39, 0.29) is 10.8 Å². The Labute approximate surface area is 493 Å². The summed E-state index contributed by atoms with van der Waals surface area (Å²) in [7, 11) is 0. The normalized spacial score (nSPS) is 13.3. The van der Waals surface area contributed by atoms with E-state index in [1.54, 1.807) is 0 Å². The van der Waals surface area contributed by atoms with Gasteiger partial charge < -0.3 is 18.9 Å². The highest BCUT2D eigenvalue weighted by atomic mass is 16.5. The van der Waals surface area contributed by atoms with Crippen molar-refractivity contribution in [2.75, 3.05) is 4.90 Å². The number of hydrogen-bond acceptors (Lipinski definition) is 3. The molecule has 4 nitrogen and oxygen atoms in total. The molecule has 0 unspecified atom stereocenters. The van der Waals surface area contributed by atoms with Gasteiger partial charge in [-0.15, -0.1) is 0 Å². The molecule has 12 aromatic rings. The van der Waals surface area contributed by atoms with Crippen LogP contribution in [-0.2, 0) is 46.7 Å². The third-order valence-electron chi connectivity index (χ3n) is 17.8. The minimum absolute atomic E-state index is 0.147. The minimum atomic E-state index is -0.280. The van der Waals surface area contributed by atoms with Crippen LogP contribution in [0.4, 0.5) is 17.1 Å². The summed E-state index contributed by atoms with van der Waals surface area (Å²) >= 11 is 0. The number of benzene rings is 11. The number of aromatic nitrogens is 1. The first-order chi connectivity index (χ1) is 41.0. The van der Waals surface area contributed by atoms with Crippen LogP contribution in [0.1, 0.15) is 83.3 Å². The van der Waals surface area contributed by atoms with Gasteiger partial charge in [-0.2, -0.15) is 0 Å². The third kappa shape index (κ3) is 9.38. The third-order valence-corrected chi connectivity index (χ3v) is 17.8. The van der Waals surface area contributed by atoms with Gasteiger partial charge in [0.25, 0.3) is 0 Å². The molecule has 2 aliphatic rings. The molecule has 0 bridgehead atoms. The highest BCUT2D eigenvalue weighted by Crippen LogP contribution is 2.54. The highest BCUT2D eigenvalue weighted by molar-refractivity contribution is 6.11. The van der Waals surface area contributed by atoms with Crippen molar-refractivity contribution in [2.45, 2.75) is 65.0 Å². The van der Waals surface area contributed by atoms with Crippen LogP contribution in [0.15, 0.2) is 256 Å². The Bertz CT molecular complexity index is 4490. The lowest BCUT2D eigenvalue weighted by Crippen LogP contribution is -2.18. The standard InChI is InChI=1S/C80H66N2O2/c1-7-53-18-22-55(23-19-53)49-83-51-57-26-29-59(30-27-57)60-31-35-64(36-32-60)81(65-37-40-69-67-16-12-13-17-73(67)79(3,4)75(69)47-65)66-38-41-70-68-39-33-62(46-74(68)80(5,6)76(70)48-66)61-34-43-78-72(45-61)71-44-58(52-84-50-56-24-20-54(8-2)21-25-56)28-42-77(71)82(78)63-14-10-9-11-15-63/h7-48H,1-2,49-52H2,3-6H3. The summed E-state index contributed by atoms with van der Waals surface area (Å²) in [5, 5.41) is 2.43. The molecule has 0 saturated heterocycles. The van der Waals surface area contributed by atoms with E-state index in [9.17, 15) is 0 Å². The largest absolute Gasteiger partial charge is 0.372 e. The molecule has 0 radical (unpaired) electrons. The Hall–Kier alpha value is -9.58. The first kappa shape index (κ1) is 52.5. The van der Waals surface area contributed by atoms with Crippen LogP contribution in [0.25, 0.3) is 84.2 Å². The van der Waals surface area contributed by atoms with Gasteiger partial charge in [0.15, 0.2) is 0 Å². The SMILES string of the molecule is C=Cc1ccc(COCc2ccc(-c3ccc(N(c4ccc5c(c4)C(C)(C)c4ccccc4-5)c4ccc5c(c4)C(C)(C)c4cc(-c6ccc7c(c6)c6cc(COCc8ccc(C=C)cc8)ccc6n7-c6ccccc6)ccc4-5)cc3)cc2)cc1. The summed E-state index contributed by atoms with van der Waals surface area (Å²) in [6.45, 7) is 19.5. The Kier molecular flexibility index (Phi) is 13.3. The van der Waals surface area contributed by atoms with Crippen molar-refractivity contribution in [1.82, 2.24) is 4.57 Å². The summed E-state index contributed by atoms with van der Waals surface area (Å²) in [5.74, 6) is 0. The van der Waals surface area contributed by atoms with Crippen LogP contribution in [0.5, 0.6) is 0 Å². The number of para-hydroxylation sites is 1. The van der Waals surface area contributed by atoms with Crippen molar-refractivity contribution in [3.8, 4) is 50.2 Å². The maximum atomic E-state index is 6.32. The molecule has 1 heterocycles. The number of ether oxygens (including phenoxy) is 2. The lowest BCUT2D eigenvalue weighted by atomic mass is 9.81. The van der Waals surface area contributed by atoms with Crippen molar-refractivity contribution in [3.05, 3.63) is 311 Å². The van der Waals surface area contributed by atoms with Gasteiger partial charge in [-0.1, -0.05) is 217 Å². The quantitative estimate of drug-likeness (QED) is 0.0965. The van der Waals surface area contributed by atoms with E-state index in [4.69, 9.17) is 9.47 Å². The summed E-state index contributed by atoms with van der Waals surface area (Å²) in [5.41, 5.74) is 28.5. The molecule has 84 heavy (non-hydrogen) atoms. The molecule has 0 N–H and O–H groups in total. The zero-order chi connectivity index (χ0) is 57.1. The van der Waals surface area contributed by atoms with Crippen molar-refractivity contribution >= 4 is 51.0 Å². The Morgan fingerprint density at radius 2 is 0.762 bits per heavy atom. The van der Waals surface area contributed by atoms with Crippen LogP contribution in [0.3, 0.4) is 0 Å². The second kappa shape index (κ2) is 21.3. The molecule has 0 amide bonds. The molecule has 4 heteroatoms. The molecule has 14 rings (SSSR count). The summed E-state index contributed by atoms with van der Waals surface area (Å²) in [6, 6.07) is 89.4. The lowest BCUT2D eigenvalue weighted by Gasteiger charge is -2.30. The van der Waals surface area contributed by atoms with Crippen LogP contribution < -0.4 is 4.90 Å². The van der Waals surface area contributed by atoms with Gasteiger partial charge in [0, 0.05) is 44.4 Å². The Balaban J connectivity index is 0.782. The molecule has 0 fully saturated rings. The smallest absolute Gasteiger partial charge is 0.0721 e. The van der Waals surface area contributed by atoms with E-state index in [2.05, 4.69) is 293 Å². The van der Waals surface area contributed by atoms with Crippen molar-refractivity contribution in [2.24, 2.45) is 0 Å². The van der Waals surface area contributed by atoms with Gasteiger partial charge in [0.1, 0.15) is 0 Å². The maximum absolute atomic E-state index is 6.32. The van der Waals surface area contributed by atoms with E-state index in [1.165, 1.54) is 88.6 Å². The number of nitrogens with zero attached hydrogens (tertiary/aromatic N) is 2. The minimum Gasteiger partial charge on any atom is -0.372 e. The summed E-state index contributed by atoms with van der Waals surface area (Å²) in [6.07, 6.45) is 3.73. The van der Waals surface area contributed by atoms with Crippen LogP contribution >= 0.6 is 0 Å². The number of rotatable bonds is 16. The van der Waals surface area contributed by atoms with E-state index in [0.717, 1.165) is 56.1 Å². The molecule has 408 valence electrons. The second-order valence-electron chi connectivity index (χ2n) is 23.7. The summed E-state index contributed by atoms with van der Waals surface area (Å²) < 4.78 is 14.8. The molecule has 0 aliphatic heterocycles. The van der Waals surface area contributed by atoms with Gasteiger partial charge in [0.05, 0.1) is 37.5 Å². The fourth-order valence-electron chi connectivity index (χ4n) is 13.2. The highest BCUT2D eigenvalue weighted by Gasteiger charge is 2.38. The van der Waals surface area contributed by atoms with Crippen molar-refractivity contribution in [3.63, 3.8) is 0 Å². The number of hydrogen-bond donors (Lipinski definition) is 0. The number of fused-ring (bicyclic) bond motifs is 9. The topological polar surface area (TPSA) is 26.6 Å². The van der Waals surface area contributed by atoms with Gasteiger partial charge in [-0.05, 0) is 179 Å². The second-order valence-corrected chi connectivity index (χ2v) is 23.7. The van der Waals surface area contributed by atoms with Gasteiger partial charge >= 0.3 is 0 Å². The monoisotopic (exact) mass is 1090 g/mol. The molecule has 0 saturated carbocycles. The van der Waals surface area contributed by atoms with Gasteiger partial charge in [-0.3, -0.25) is 0 Å². The van der Waals surface area contributed by atoms with Crippen LogP contribution in [0.2, 0.25) is 0 Å². The molecule has 1 aromatic heterocycles. The predicted octanol–water partition coefficient (Wildman–Crippen LogP) is 20.9. The number of anilines is 3. The molecule has 0 spiro atoms.